The minimum atomic E-state index is -0.269. The van der Waals surface area contributed by atoms with Gasteiger partial charge in [0.15, 0.2) is 0 Å². The monoisotopic (exact) mass is 868 g/mol. The molecule has 2 aromatic carbocycles. The summed E-state index contributed by atoms with van der Waals surface area (Å²) >= 11 is 3.68. The number of pyridine rings is 2. The normalized spacial score (nSPS) is 15.5. The Morgan fingerprint density at radius 1 is 0.689 bits per heavy atom. The number of rotatable bonds is 13. The molecule has 0 saturated carbocycles. The minimum Gasteiger partial charge on any atom is -0.497 e. The van der Waals surface area contributed by atoms with E-state index in [0.29, 0.717) is 47.3 Å². The van der Waals surface area contributed by atoms with Gasteiger partial charge in [-0.15, -0.1) is 22.7 Å². The molecule has 61 heavy (non-hydrogen) atoms. The van der Waals surface area contributed by atoms with Crippen LogP contribution in [0.5, 0.6) is 11.5 Å². The van der Waals surface area contributed by atoms with E-state index in [0.717, 1.165) is 87.8 Å². The van der Waals surface area contributed by atoms with Gasteiger partial charge in [-0.25, -0.2) is 0 Å². The van der Waals surface area contributed by atoms with Crippen LogP contribution in [0.4, 0.5) is 0 Å². The highest BCUT2D eigenvalue weighted by Crippen LogP contribution is 2.30. The highest BCUT2D eigenvalue weighted by atomic mass is 32.1. The van der Waals surface area contributed by atoms with Gasteiger partial charge in [0.25, 0.3) is 22.9 Å². The van der Waals surface area contributed by atoms with Crippen LogP contribution in [0.3, 0.4) is 0 Å². The Bertz CT molecular complexity index is 2570. The van der Waals surface area contributed by atoms with Crippen molar-refractivity contribution in [2.45, 2.75) is 57.4 Å². The molecule has 2 fully saturated rings. The molecule has 8 rings (SSSR count). The zero-order valence-corrected chi connectivity index (χ0v) is 37.0. The molecule has 0 spiro atoms. The molecule has 2 aliphatic heterocycles. The molecule has 0 aliphatic carbocycles. The van der Waals surface area contributed by atoms with E-state index in [1.165, 1.54) is 26.4 Å². The third-order valence-electron chi connectivity index (χ3n) is 11.8. The van der Waals surface area contributed by atoms with Crippen LogP contribution in [0.1, 0.15) is 51.3 Å². The lowest BCUT2D eigenvalue weighted by molar-refractivity contribution is 0.0956. The van der Waals surface area contributed by atoms with Crippen molar-refractivity contribution in [3.8, 4) is 11.5 Å². The highest BCUT2D eigenvalue weighted by molar-refractivity contribution is 7.26. The molecule has 6 aromatic rings. The fourth-order valence-electron chi connectivity index (χ4n) is 8.25. The number of thiophene rings is 2. The molecule has 0 radical (unpaired) electrons. The SMILES string of the molecule is CNC(=O)c1cc(=O)n(CCN2CCC(N)CC2)c2cc(OC)ccc12.CNC(=O)c1cc(=O)n(CCN2CCC(NCc3cc4sccc4s3)CC2)c2cc(OC)ccc12. The van der Waals surface area contributed by atoms with Crippen molar-refractivity contribution in [3.05, 3.63) is 103 Å². The standard InChI is InChI=1S/C26H30N4O3S2.C19H26N4O3/c1-27-26(32)21-15-25(31)30(22-13-18(33-2)3-4-20(21)22)11-10-29-8-5-17(6-9-29)28-16-19-14-24-23(35-19)7-12-34-24;1-21-19(25)16-12-18(24)23(10-9-22-7-5-13(20)6-8-22)17-11-14(26-2)3-4-15(16)17/h3-4,7,12-15,17,28H,5-6,8-11,16H2,1-2H3,(H,27,32);3-4,11-13H,5-10,20H2,1-2H3,(H,21,25). The van der Waals surface area contributed by atoms with Crippen molar-refractivity contribution >= 4 is 65.7 Å². The molecule has 16 heteroatoms. The summed E-state index contributed by atoms with van der Waals surface area (Å²) in [7, 11) is 6.32. The van der Waals surface area contributed by atoms with E-state index in [1.54, 1.807) is 54.9 Å². The van der Waals surface area contributed by atoms with Gasteiger partial charge in [-0.3, -0.25) is 19.2 Å². The topological polar surface area (TPSA) is 165 Å². The van der Waals surface area contributed by atoms with Crippen LogP contribution in [0.2, 0.25) is 0 Å². The maximum absolute atomic E-state index is 13.0. The summed E-state index contributed by atoms with van der Waals surface area (Å²) in [6.45, 7) is 7.54. The van der Waals surface area contributed by atoms with E-state index in [9.17, 15) is 19.2 Å². The van der Waals surface area contributed by atoms with Gasteiger partial charge in [0.1, 0.15) is 11.5 Å². The summed E-state index contributed by atoms with van der Waals surface area (Å²) < 4.78 is 16.9. The molecule has 2 amide bonds. The van der Waals surface area contributed by atoms with Crippen LogP contribution in [0.25, 0.3) is 31.2 Å². The molecular formula is C45H56N8O6S2. The molecule has 0 unspecified atom stereocenters. The van der Waals surface area contributed by atoms with Crippen molar-refractivity contribution in [1.82, 2.24) is 34.9 Å². The number of hydrogen-bond donors (Lipinski definition) is 4. The van der Waals surface area contributed by atoms with Crippen LogP contribution in [0.15, 0.2) is 75.6 Å². The van der Waals surface area contributed by atoms with Crippen LogP contribution in [-0.2, 0) is 19.6 Å². The van der Waals surface area contributed by atoms with Gasteiger partial charge >= 0.3 is 0 Å². The maximum atomic E-state index is 13.0. The largest absolute Gasteiger partial charge is 0.497 e. The zero-order chi connectivity index (χ0) is 43.0. The first-order valence-corrected chi connectivity index (χ1v) is 22.6. The van der Waals surface area contributed by atoms with Gasteiger partial charge in [0.2, 0.25) is 0 Å². The Hall–Kier alpha value is -5.10. The van der Waals surface area contributed by atoms with Gasteiger partial charge in [-0.2, -0.15) is 0 Å². The Morgan fingerprint density at radius 3 is 1.67 bits per heavy atom. The first-order chi connectivity index (χ1) is 29.6. The Kier molecular flexibility index (Phi) is 14.5. The number of ether oxygens (including phenoxy) is 2. The van der Waals surface area contributed by atoms with E-state index >= 15 is 0 Å². The number of nitrogens with one attached hydrogen (secondary N) is 3. The van der Waals surface area contributed by atoms with Gasteiger partial charge in [-0.1, -0.05) is 0 Å². The molecule has 324 valence electrons. The summed E-state index contributed by atoms with van der Waals surface area (Å²) in [5, 5.41) is 12.6. The van der Waals surface area contributed by atoms with Gasteiger partial charge < -0.3 is 50.1 Å². The lowest BCUT2D eigenvalue weighted by Gasteiger charge is -2.32. The van der Waals surface area contributed by atoms with Crippen LogP contribution in [0, 0.1) is 0 Å². The summed E-state index contributed by atoms with van der Waals surface area (Å²) in [6.07, 6.45) is 4.16. The van der Waals surface area contributed by atoms with E-state index in [1.807, 2.05) is 41.7 Å². The molecule has 5 N–H and O–H groups in total. The maximum Gasteiger partial charge on any atom is 0.251 e. The van der Waals surface area contributed by atoms with Crippen molar-refractivity contribution in [3.63, 3.8) is 0 Å². The van der Waals surface area contributed by atoms with E-state index in [2.05, 4.69) is 43.3 Å². The molecule has 0 atom stereocenters. The Morgan fingerprint density at radius 2 is 1.20 bits per heavy atom. The minimum absolute atomic E-state index is 0.170. The number of hydrogen-bond acceptors (Lipinski definition) is 12. The zero-order valence-electron chi connectivity index (χ0n) is 35.3. The molecule has 2 saturated heterocycles. The number of fused-ring (bicyclic) bond motifs is 3. The summed E-state index contributed by atoms with van der Waals surface area (Å²) in [5.74, 6) is 0.789. The number of aromatic nitrogens is 2. The second kappa shape index (κ2) is 20.2. The predicted octanol–water partition coefficient (Wildman–Crippen LogP) is 4.69. The first-order valence-electron chi connectivity index (χ1n) is 20.9. The van der Waals surface area contributed by atoms with Crippen LogP contribution >= 0.6 is 22.7 Å². The number of likely N-dealkylation sites (tertiary alicyclic amines) is 2. The second-order valence-electron chi connectivity index (χ2n) is 15.6. The summed E-state index contributed by atoms with van der Waals surface area (Å²) in [5.41, 5.74) is 7.82. The van der Waals surface area contributed by atoms with Gasteiger partial charge in [0, 0.05) is 108 Å². The lowest BCUT2D eigenvalue weighted by atomic mass is 10.0. The molecule has 14 nitrogen and oxygen atoms in total. The number of benzene rings is 2. The van der Waals surface area contributed by atoms with Gasteiger partial charge in [-0.05, 0) is 93.6 Å². The number of methoxy groups -OCH3 is 2. The van der Waals surface area contributed by atoms with Crippen molar-refractivity contribution in [2.24, 2.45) is 5.73 Å². The highest BCUT2D eigenvalue weighted by Gasteiger charge is 2.22. The lowest BCUT2D eigenvalue weighted by Crippen LogP contribution is -2.43. The third kappa shape index (κ3) is 10.3. The number of amides is 2. The number of carbonyl (C=O) groups excluding carboxylic acids is 2. The summed E-state index contributed by atoms with van der Waals surface area (Å²) in [4.78, 5) is 56.4. The van der Waals surface area contributed by atoms with Crippen molar-refractivity contribution in [2.75, 3.05) is 67.6 Å². The second-order valence-corrected chi connectivity index (χ2v) is 17.7. The average molecular weight is 869 g/mol. The number of nitrogens with zero attached hydrogens (tertiary/aromatic N) is 4. The van der Waals surface area contributed by atoms with Crippen molar-refractivity contribution in [1.29, 1.82) is 0 Å². The predicted molar refractivity (Wildman–Crippen MR) is 246 cm³/mol. The number of nitrogens with two attached hydrogens (primary N) is 1. The Balaban J connectivity index is 0.000000193. The van der Waals surface area contributed by atoms with E-state index in [4.69, 9.17) is 15.2 Å². The fourth-order valence-corrected chi connectivity index (χ4v) is 10.3. The van der Waals surface area contributed by atoms with E-state index in [-0.39, 0.29) is 29.0 Å². The number of carbonyl (C=O) groups is 2. The molecule has 0 bridgehead atoms. The third-order valence-corrected chi connectivity index (χ3v) is 13.9. The molecule has 6 heterocycles. The average Bonchev–Trinajstić information content (AvgIpc) is 3.90. The fraction of sp³-hybridized carbons (Fsp3) is 0.422. The molecular weight excluding hydrogens is 813 g/mol. The molecule has 2 aliphatic rings. The smallest absolute Gasteiger partial charge is 0.251 e. The van der Waals surface area contributed by atoms with Crippen LogP contribution in [-0.4, -0.2) is 110 Å². The van der Waals surface area contributed by atoms with Crippen molar-refractivity contribution < 1.29 is 19.1 Å². The first kappa shape index (κ1) is 44.0. The number of piperidine rings is 2. The van der Waals surface area contributed by atoms with Crippen LogP contribution < -0.4 is 42.3 Å². The van der Waals surface area contributed by atoms with E-state index < -0.39 is 0 Å². The Labute approximate surface area is 363 Å². The molecule has 4 aromatic heterocycles. The quantitative estimate of drug-likeness (QED) is 0.128. The summed E-state index contributed by atoms with van der Waals surface area (Å²) in [6, 6.07) is 19.1. The van der Waals surface area contributed by atoms with Gasteiger partial charge in [0.05, 0.1) is 36.4 Å².